The number of methoxy groups -OCH3 is 1. The standard InChI is InChI=1S/C14H20N2O3/c1-16(8-7-15)9-13(17)11-19-10-12-5-3-4-6-14(12)18-2/h3-6,13,17H,8-11H2,1-2H3. The Labute approximate surface area is 114 Å². The van der Waals surface area contributed by atoms with Crippen LogP contribution >= 0.6 is 0 Å². The molecule has 0 aliphatic heterocycles. The number of hydrogen-bond donors (Lipinski definition) is 1. The van der Waals surface area contributed by atoms with Gasteiger partial charge in [0.25, 0.3) is 0 Å². The minimum absolute atomic E-state index is 0.230. The zero-order valence-corrected chi connectivity index (χ0v) is 11.4. The van der Waals surface area contributed by atoms with E-state index in [2.05, 4.69) is 0 Å². The smallest absolute Gasteiger partial charge is 0.124 e. The maximum atomic E-state index is 9.74. The van der Waals surface area contributed by atoms with Gasteiger partial charge in [-0.15, -0.1) is 0 Å². The molecule has 0 aliphatic carbocycles. The highest BCUT2D eigenvalue weighted by molar-refractivity contribution is 5.32. The number of rotatable bonds is 8. The second kappa shape index (κ2) is 8.48. The number of likely N-dealkylation sites (N-methyl/N-ethyl adjacent to an activating group) is 1. The molecule has 19 heavy (non-hydrogen) atoms. The fraction of sp³-hybridized carbons (Fsp3) is 0.500. The average molecular weight is 264 g/mol. The van der Waals surface area contributed by atoms with Crippen molar-refractivity contribution < 1.29 is 14.6 Å². The molecule has 0 radical (unpaired) electrons. The number of aliphatic hydroxyl groups is 1. The third-order valence-corrected chi connectivity index (χ3v) is 2.62. The van der Waals surface area contributed by atoms with E-state index in [-0.39, 0.29) is 6.61 Å². The summed E-state index contributed by atoms with van der Waals surface area (Å²) in [4.78, 5) is 1.75. The molecular formula is C14H20N2O3. The van der Waals surface area contributed by atoms with Gasteiger partial charge in [-0.3, -0.25) is 4.90 Å². The second-order valence-electron chi connectivity index (χ2n) is 4.34. The van der Waals surface area contributed by atoms with Crippen molar-refractivity contribution in [2.75, 3.05) is 33.9 Å². The van der Waals surface area contributed by atoms with Gasteiger partial charge in [-0.1, -0.05) is 18.2 Å². The lowest BCUT2D eigenvalue weighted by molar-refractivity contribution is 0.0148. The van der Waals surface area contributed by atoms with Crippen molar-refractivity contribution in [2.45, 2.75) is 12.7 Å². The van der Waals surface area contributed by atoms with Crippen LogP contribution in [-0.4, -0.2) is 50.0 Å². The summed E-state index contributed by atoms with van der Waals surface area (Å²) in [6.07, 6.45) is -0.604. The van der Waals surface area contributed by atoms with Crippen molar-refractivity contribution in [1.82, 2.24) is 4.90 Å². The Morgan fingerprint density at radius 3 is 2.84 bits per heavy atom. The fourth-order valence-electron chi connectivity index (χ4n) is 1.72. The number of ether oxygens (including phenoxy) is 2. The maximum absolute atomic E-state index is 9.74. The minimum atomic E-state index is -0.604. The zero-order chi connectivity index (χ0) is 14.1. The van der Waals surface area contributed by atoms with Gasteiger partial charge in [0, 0.05) is 12.1 Å². The molecule has 0 amide bonds. The first-order chi connectivity index (χ1) is 9.17. The number of hydrogen-bond acceptors (Lipinski definition) is 5. The van der Waals surface area contributed by atoms with Crippen molar-refractivity contribution in [2.24, 2.45) is 0 Å². The molecule has 1 atom stereocenters. The van der Waals surface area contributed by atoms with Crippen LogP contribution in [-0.2, 0) is 11.3 Å². The first-order valence-corrected chi connectivity index (χ1v) is 6.10. The van der Waals surface area contributed by atoms with Gasteiger partial charge in [0.05, 0.1) is 39.0 Å². The van der Waals surface area contributed by atoms with Gasteiger partial charge in [0.15, 0.2) is 0 Å². The minimum Gasteiger partial charge on any atom is -0.496 e. The van der Waals surface area contributed by atoms with Gasteiger partial charge in [0.1, 0.15) is 5.75 Å². The number of aliphatic hydroxyl groups excluding tert-OH is 1. The summed E-state index contributed by atoms with van der Waals surface area (Å²) in [5.74, 6) is 0.776. The first-order valence-electron chi connectivity index (χ1n) is 6.10. The normalized spacial score (nSPS) is 12.2. The van der Waals surface area contributed by atoms with E-state index >= 15 is 0 Å². The fourth-order valence-corrected chi connectivity index (χ4v) is 1.72. The lowest BCUT2D eigenvalue weighted by Gasteiger charge is -2.18. The molecule has 0 heterocycles. The largest absolute Gasteiger partial charge is 0.496 e. The molecule has 0 bridgehead atoms. The van der Waals surface area contributed by atoms with Gasteiger partial charge in [-0.05, 0) is 13.1 Å². The van der Waals surface area contributed by atoms with Gasteiger partial charge < -0.3 is 14.6 Å². The van der Waals surface area contributed by atoms with Gasteiger partial charge in [-0.25, -0.2) is 0 Å². The highest BCUT2D eigenvalue weighted by Crippen LogP contribution is 2.17. The molecular weight excluding hydrogens is 244 g/mol. The number of benzene rings is 1. The van der Waals surface area contributed by atoms with E-state index < -0.39 is 6.10 Å². The predicted octanol–water partition coefficient (Wildman–Crippen LogP) is 1.03. The lowest BCUT2D eigenvalue weighted by atomic mass is 10.2. The Morgan fingerprint density at radius 2 is 2.16 bits per heavy atom. The van der Waals surface area contributed by atoms with E-state index in [1.54, 1.807) is 19.1 Å². The molecule has 0 fully saturated rings. The van der Waals surface area contributed by atoms with Crippen LogP contribution in [0.3, 0.4) is 0 Å². The Hall–Kier alpha value is -1.61. The molecule has 1 N–H and O–H groups in total. The van der Waals surface area contributed by atoms with Crippen LogP contribution in [0.1, 0.15) is 5.56 Å². The van der Waals surface area contributed by atoms with Crippen molar-refractivity contribution in [3.63, 3.8) is 0 Å². The van der Waals surface area contributed by atoms with Crippen LogP contribution in [0.4, 0.5) is 0 Å². The Balaban J connectivity index is 2.32. The second-order valence-corrected chi connectivity index (χ2v) is 4.34. The summed E-state index contributed by atoms with van der Waals surface area (Å²) >= 11 is 0. The van der Waals surface area contributed by atoms with E-state index in [1.807, 2.05) is 30.3 Å². The van der Waals surface area contributed by atoms with Crippen molar-refractivity contribution >= 4 is 0 Å². The van der Waals surface area contributed by atoms with E-state index in [9.17, 15) is 5.11 Å². The molecule has 1 aromatic rings. The molecule has 0 aromatic heterocycles. The summed E-state index contributed by atoms with van der Waals surface area (Å²) in [6.45, 7) is 1.33. The number of nitrogens with zero attached hydrogens (tertiary/aromatic N) is 2. The summed E-state index contributed by atoms with van der Waals surface area (Å²) < 4.78 is 10.7. The highest BCUT2D eigenvalue weighted by atomic mass is 16.5. The zero-order valence-electron chi connectivity index (χ0n) is 11.4. The third-order valence-electron chi connectivity index (χ3n) is 2.62. The summed E-state index contributed by atoms with van der Waals surface area (Å²) in [7, 11) is 3.40. The first kappa shape index (κ1) is 15.4. The predicted molar refractivity (Wildman–Crippen MR) is 71.8 cm³/mol. The molecule has 0 saturated carbocycles. The monoisotopic (exact) mass is 264 g/mol. The molecule has 0 spiro atoms. The number of para-hydroxylation sites is 1. The van der Waals surface area contributed by atoms with E-state index in [0.717, 1.165) is 11.3 Å². The van der Waals surface area contributed by atoms with Gasteiger partial charge in [0.2, 0.25) is 0 Å². The van der Waals surface area contributed by atoms with E-state index in [0.29, 0.717) is 19.7 Å². The highest BCUT2D eigenvalue weighted by Gasteiger charge is 2.09. The molecule has 5 nitrogen and oxygen atoms in total. The van der Waals surface area contributed by atoms with Crippen LogP contribution in [0.5, 0.6) is 5.75 Å². The topological polar surface area (TPSA) is 65.7 Å². The quantitative estimate of drug-likeness (QED) is 0.710. The van der Waals surface area contributed by atoms with Crippen LogP contribution in [0.2, 0.25) is 0 Å². The summed E-state index contributed by atoms with van der Waals surface area (Å²) in [6, 6.07) is 9.63. The van der Waals surface area contributed by atoms with E-state index in [4.69, 9.17) is 14.7 Å². The van der Waals surface area contributed by atoms with Crippen LogP contribution < -0.4 is 4.74 Å². The third kappa shape index (κ3) is 5.71. The van der Waals surface area contributed by atoms with E-state index in [1.165, 1.54) is 0 Å². The number of nitriles is 1. The maximum Gasteiger partial charge on any atom is 0.124 e. The van der Waals surface area contributed by atoms with Crippen molar-refractivity contribution in [3.05, 3.63) is 29.8 Å². The van der Waals surface area contributed by atoms with Crippen LogP contribution in [0, 0.1) is 11.3 Å². The Kier molecular flexibility index (Phi) is 6.90. The van der Waals surface area contributed by atoms with Crippen LogP contribution in [0.25, 0.3) is 0 Å². The Morgan fingerprint density at radius 1 is 1.42 bits per heavy atom. The van der Waals surface area contributed by atoms with Crippen LogP contribution in [0.15, 0.2) is 24.3 Å². The molecule has 5 heteroatoms. The lowest BCUT2D eigenvalue weighted by Crippen LogP contribution is -2.32. The average Bonchev–Trinajstić information content (AvgIpc) is 2.39. The molecule has 0 saturated heterocycles. The molecule has 1 aromatic carbocycles. The summed E-state index contributed by atoms with van der Waals surface area (Å²) in [5.41, 5.74) is 0.947. The molecule has 1 unspecified atom stereocenters. The SMILES string of the molecule is COc1ccccc1COCC(O)CN(C)CC#N. The summed E-state index contributed by atoms with van der Waals surface area (Å²) in [5, 5.41) is 18.3. The molecule has 0 aliphatic rings. The van der Waals surface area contributed by atoms with Gasteiger partial charge in [-0.2, -0.15) is 5.26 Å². The molecule has 104 valence electrons. The van der Waals surface area contributed by atoms with Crippen molar-refractivity contribution in [1.29, 1.82) is 5.26 Å². The molecule has 1 rings (SSSR count). The Bertz CT molecular complexity index is 417. The van der Waals surface area contributed by atoms with Crippen molar-refractivity contribution in [3.8, 4) is 11.8 Å². The van der Waals surface area contributed by atoms with Gasteiger partial charge >= 0.3 is 0 Å².